The van der Waals surface area contributed by atoms with Gasteiger partial charge in [0, 0.05) is 19.0 Å². The van der Waals surface area contributed by atoms with E-state index in [9.17, 15) is 9.90 Å². The summed E-state index contributed by atoms with van der Waals surface area (Å²) < 4.78 is 5.26. The molecule has 1 aliphatic rings. The van der Waals surface area contributed by atoms with Gasteiger partial charge in [0.15, 0.2) is 0 Å². The molecular formula is C13H25NO3. The van der Waals surface area contributed by atoms with Crippen molar-refractivity contribution in [3.8, 4) is 0 Å². The zero-order chi connectivity index (χ0) is 13.1. The first kappa shape index (κ1) is 14.3. The highest BCUT2D eigenvalue weighted by Crippen LogP contribution is 2.24. The zero-order valence-corrected chi connectivity index (χ0v) is 11.4. The number of hydrogen-bond acceptors (Lipinski definition) is 3. The third kappa shape index (κ3) is 4.54. The van der Waals surface area contributed by atoms with E-state index in [4.69, 9.17) is 4.74 Å². The maximum absolute atomic E-state index is 11.6. The molecule has 0 saturated carbocycles. The van der Waals surface area contributed by atoms with E-state index in [2.05, 4.69) is 6.92 Å². The van der Waals surface area contributed by atoms with Gasteiger partial charge in [0.2, 0.25) is 0 Å². The fraction of sp³-hybridized carbons (Fsp3) is 0.923. The van der Waals surface area contributed by atoms with Gasteiger partial charge < -0.3 is 14.7 Å². The third-order valence-corrected chi connectivity index (χ3v) is 2.96. The van der Waals surface area contributed by atoms with Crippen molar-refractivity contribution in [3.63, 3.8) is 0 Å². The minimum Gasteiger partial charge on any atom is -0.444 e. The molecule has 1 atom stereocenters. The molecule has 1 unspecified atom stereocenters. The van der Waals surface area contributed by atoms with E-state index in [1.807, 2.05) is 20.8 Å². The Bertz CT molecular complexity index is 254. The van der Waals surface area contributed by atoms with Crippen molar-refractivity contribution >= 4 is 6.09 Å². The molecule has 1 rings (SSSR count). The lowest BCUT2D eigenvalue weighted by molar-refractivity contribution is -0.0327. The van der Waals surface area contributed by atoms with Crippen molar-refractivity contribution in [1.29, 1.82) is 0 Å². The van der Waals surface area contributed by atoms with Crippen LogP contribution in [0, 0.1) is 5.92 Å². The van der Waals surface area contributed by atoms with Gasteiger partial charge in [0.05, 0.1) is 6.10 Å². The highest BCUT2D eigenvalue weighted by molar-refractivity contribution is 5.69. The standard InChI is InChI=1S/C13H25NO3/c1-5-6-7-11(15)10-8-14(9-10)12(16)17-13(2,3)4/h10-11,15H,5-9H2,1-4H3. The van der Waals surface area contributed by atoms with Gasteiger partial charge in [-0.1, -0.05) is 19.8 Å². The molecule has 100 valence electrons. The number of aliphatic hydroxyl groups is 1. The summed E-state index contributed by atoms with van der Waals surface area (Å²) in [6.07, 6.45) is 2.44. The summed E-state index contributed by atoms with van der Waals surface area (Å²) >= 11 is 0. The normalized spacial score (nSPS) is 18.8. The lowest BCUT2D eigenvalue weighted by Crippen LogP contribution is -2.55. The van der Waals surface area contributed by atoms with Crippen LogP contribution in [-0.4, -0.2) is 40.9 Å². The smallest absolute Gasteiger partial charge is 0.410 e. The van der Waals surface area contributed by atoms with Crippen molar-refractivity contribution in [1.82, 2.24) is 4.90 Å². The van der Waals surface area contributed by atoms with E-state index in [-0.39, 0.29) is 18.1 Å². The Hall–Kier alpha value is -0.770. The summed E-state index contributed by atoms with van der Waals surface area (Å²) in [6, 6.07) is 0. The van der Waals surface area contributed by atoms with E-state index >= 15 is 0 Å². The molecule has 1 saturated heterocycles. The van der Waals surface area contributed by atoms with Gasteiger partial charge in [-0.3, -0.25) is 0 Å². The van der Waals surface area contributed by atoms with Crippen LogP contribution < -0.4 is 0 Å². The molecule has 0 aromatic carbocycles. The predicted molar refractivity (Wildman–Crippen MR) is 66.8 cm³/mol. The number of amides is 1. The first-order valence-electron chi connectivity index (χ1n) is 6.49. The van der Waals surface area contributed by atoms with Crippen molar-refractivity contribution in [3.05, 3.63) is 0 Å². The molecule has 0 radical (unpaired) electrons. The lowest BCUT2D eigenvalue weighted by Gasteiger charge is -2.41. The van der Waals surface area contributed by atoms with Crippen LogP contribution in [0.3, 0.4) is 0 Å². The number of rotatable bonds is 4. The second-order valence-corrected chi connectivity index (χ2v) is 5.85. The Kier molecular flexibility index (Phi) is 4.80. The number of unbranched alkanes of at least 4 members (excludes halogenated alkanes) is 1. The number of hydrogen-bond donors (Lipinski definition) is 1. The maximum Gasteiger partial charge on any atom is 0.410 e. The first-order valence-corrected chi connectivity index (χ1v) is 6.49. The van der Waals surface area contributed by atoms with Crippen LogP contribution in [0.2, 0.25) is 0 Å². The van der Waals surface area contributed by atoms with E-state index in [0.29, 0.717) is 13.1 Å². The molecular weight excluding hydrogens is 218 g/mol. The Labute approximate surface area is 104 Å². The number of likely N-dealkylation sites (tertiary alicyclic amines) is 1. The van der Waals surface area contributed by atoms with Gasteiger partial charge in [0.25, 0.3) is 0 Å². The number of carbonyl (C=O) groups is 1. The highest BCUT2D eigenvalue weighted by atomic mass is 16.6. The average molecular weight is 243 g/mol. The van der Waals surface area contributed by atoms with E-state index < -0.39 is 5.60 Å². The quantitative estimate of drug-likeness (QED) is 0.825. The SMILES string of the molecule is CCCCC(O)C1CN(C(=O)OC(C)(C)C)C1. The molecule has 1 amide bonds. The Morgan fingerprint density at radius 2 is 2.06 bits per heavy atom. The maximum atomic E-state index is 11.6. The molecule has 0 aliphatic carbocycles. The highest BCUT2D eigenvalue weighted by Gasteiger charge is 2.37. The van der Waals surface area contributed by atoms with Crippen molar-refractivity contribution < 1.29 is 14.6 Å². The van der Waals surface area contributed by atoms with Crippen molar-refractivity contribution in [2.45, 2.75) is 58.7 Å². The van der Waals surface area contributed by atoms with E-state index in [1.54, 1.807) is 4.90 Å². The molecule has 0 bridgehead atoms. The second-order valence-electron chi connectivity index (χ2n) is 5.85. The van der Waals surface area contributed by atoms with Gasteiger partial charge in [-0.15, -0.1) is 0 Å². The van der Waals surface area contributed by atoms with Crippen LogP contribution in [0.25, 0.3) is 0 Å². The molecule has 17 heavy (non-hydrogen) atoms. The van der Waals surface area contributed by atoms with Gasteiger partial charge in [-0.2, -0.15) is 0 Å². The van der Waals surface area contributed by atoms with Crippen molar-refractivity contribution in [2.75, 3.05) is 13.1 Å². The number of aliphatic hydroxyl groups excluding tert-OH is 1. The zero-order valence-electron chi connectivity index (χ0n) is 11.4. The fourth-order valence-corrected chi connectivity index (χ4v) is 1.88. The molecule has 4 nitrogen and oxygen atoms in total. The fourth-order valence-electron chi connectivity index (χ4n) is 1.88. The topological polar surface area (TPSA) is 49.8 Å². The molecule has 0 aromatic rings. The summed E-state index contributed by atoms with van der Waals surface area (Å²) in [6.45, 7) is 8.94. The lowest BCUT2D eigenvalue weighted by atomic mass is 9.91. The van der Waals surface area contributed by atoms with Gasteiger partial charge in [-0.25, -0.2) is 4.79 Å². The van der Waals surface area contributed by atoms with Crippen LogP contribution in [0.1, 0.15) is 47.0 Å². The Balaban J connectivity index is 2.24. The van der Waals surface area contributed by atoms with E-state index in [1.165, 1.54) is 0 Å². The summed E-state index contributed by atoms with van der Waals surface area (Å²) in [5, 5.41) is 9.85. The molecule has 1 aliphatic heterocycles. The average Bonchev–Trinajstić information content (AvgIpc) is 2.09. The van der Waals surface area contributed by atoms with Crippen LogP contribution in [0.5, 0.6) is 0 Å². The predicted octanol–water partition coefficient (Wildman–Crippen LogP) is 2.40. The Morgan fingerprint density at radius 1 is 1.47 bits per heavy atom. The number of carbonyl (C=O) groups excluding carboxylic acids is 1. The molecule has 0 aromatic heterocycles. The minimum absolute atomic E-state index is 0.231. The number of ether oxygens (including phenoxy) is 1. The number of nitrogens with zero attached hydrogens (tertiary/aromatic N) is 1. The van der Waals surface area contributed by atoms with E-state index in [0.717, 1.165) is 19.3 Å². The molecule has 1 fully saturated rings. The van der Waals surface area contributed by atoms with Crippen LogP contribution in [0.4, 0.5) is 4.79 Å². The summed E-state index contributed by atoms with van der Waals surface area (Å²) in [5.74, 6) is 0.231. The molecule has 1 N–H and O–H groups in total. The molecule has 1 heterocycles. The summed E-state index contributed by atoms with van der Waals surface area (Å²) in [4.78, 5) is 13.3. The molecule has 0 spiro atoms. The Morgan fingerprint density at radius 3 is 2.53 bits per heavy atom. The molecule has 4 heteroatoms. The first-order chi connectivity index (χ1) is 7.83. The summed E-state index contributed by atoms with van der Waals surface area (Å²) in [5.41, 5.74) is -0.441. The van der Waals surface area contributed by atoms with Crippen LogP contribution >= 0.6 is 0 Å². The largest absolute Gasteiger partial charge is 0.444 e. The monoisotopic (exact) mass is 243 g/mol. The van der Waals surface area contributed by atoms with Crippen LogP contribution in [-0.2, 0) is 4.74 Å². The third-order valence-electron chi connectivity index (χ3n) is 2.96. The minimum atomic E-state index is -0.441. The van der Waals surface area contributed by atoms with Gasteiger partial charge in [0.1, 0.15) is 5.60 Å². The van der Waals surface area contributed by atoms with Crippen molar-refractivity contribution in [2.24, 2.45) is 5.92 Å². The van der Waals surface area contributed by atoms with Gasteiger partial charge >= 0.3 is 6.09 Å². The van der Waals surface area contributed by atoms with Crippen LogP contribution in [0.15, 0.2) is 0 Å². The summed E-state index contributed by atoms with van der Waals surface area (Å²) in [7, 11) is 0. The van der Waals surface area contributed by atoms with Gasteiger partial charge in [-0.05, 0) is 27.2 Å². The second kappa shape index (κ2) is 5.71.